The summed E-state index contributed by atoms with van der Waals surface area (Å²) in [5.74, 6) is 6.29. The van der Waals surface area contributed by atoms with Crippen molar-refractivity contribution in [3.8, 4) is 0 Å². The van der Waals surface area contributed by atoms with E-state index in [0.29, 0.717) is 17.1 Å². The van der Waals surface area contributed by atoms with Crippen LogP contribution >= 0.6 is 0 Å². The molecule has 19 heavy (non-hydrogen) atoms. The second kappa shape index (κ2) is 5.96. The zero-order valence-electron chi connectivity index (χ0n) is 10.5. The normalized spacial score (nSPS) is 10.2. The van der Waals surface area contributed by atoms with Gasteiger partial charge in [0.25, 0.3) is 5.91 Å². The third-order valence-electron chi connectivity index (χ3n) is 2.57. The Bertz CT molecular complexity index is 567. The lowest BCUT2D eigenvalue weighted by Gasteiger charge is -2.07. The number of amides is 1. The highest BCUT2D eigenvalue weighted by Gasteiger charge is 2.11. The fraction of sp³-hybridized carbons (Fsp3) is 0.250. The van der Waals surface area contributed by atoms with Crippen molar-refractivity contribution in [1.82, 2.24) is 15.3 Å². The second-order valence-electron chi connectivity index (χ2n) is 3.82. The molecule has 0 aromatic carbocycles. The number of carbonyl (C=O) groups is 1. The van der Waals surface area contributed by atoms with Crippen LogP contribution in [0.1, 0.15) is 28.9 Å². The topological polar surface area (TPSA) is 106 Å². The van der Waals surface area contributed by atoms with E-state index in [1.54, 1.807) is 18.5 Å². The van der Waals surface area contributed by atoms with Gasteiger partial charge in [0.05, 0.1) is 24.0 Å². The van der Waals surface area contributed by atoms with Crippen molar-refractivity contribution < 1.29 is 9.21 Å². The van der Waals surface area contributed by atoms with Crippen LogP contribution in [-0.2, 0) is 13.0 Å². The van der Waals surface area contributed by atoms with Gasteiger partial charge < -0.3 is 15.2 Å². The van der Waals surface area contributed by atoms with Crippen LogP contribution in [0, 0.1) is 0 Å². The quantitative estimate of drug-likeness (QED) is 0.544. The molecule has 0 bridgehead atoms. The fourth-order valence-electron chi connectivity index (χ4n) is 1.55. The molecule has 7 nitrogen and oxygen atoms in total. The highest BCUT2D eigenvalue weighted by molar-refractivity contribution is 5.99. The van der Waals surface area contributed by atoms with Gasteiger partial charge >= 0.3 is 0 Å². The zero-order chi connectivity index (χ0) is 13.7. The minimum atomic E-state index is -0.294. The number of hydrogen-bond acceptors (Lipinski definition) is 6. The largest absolute Gasteiger partial charge is 0.444 e. The van der Waals surface area contributed by atoms with Gasteiger partial charge in [0.15, 0.2) is 0 Å². The van der Waals surface area contributed by atoms with Crippen molar-refractivity contribution in [2.75, 3.05) is 5.43 Å². The van der Waals surface area contributed by atoms with Gasteiger partial charge in [0.2, 0.25) is 5.89 Å². The summed E-state index contributed by atoms with van der Waals surface area (Å²) >= 11 is 0. The maximum Gasteiger partial charge on any atom is 0.255 e. The molecule has 0 atom stereocenters. The minimum absolute atomic E-state index is 0.220. The van der Waals surface area contributed by atoms with Gasteiger partial charge in [0.1, 0.15) is 5.76 Å². The zero-order valence-corrected chi connectivity index (χ0v) is 10.5. The van der Waals surface area contributed by atoms with Gasteiger partial charge in [-0.1, -0.05) is 6.92 Å². The Morgan fingerprint density at radius 2 is 2.32 bits per heavy atom. The molecule has 0 aliphatic rings. The van der Waals surface area contributed by atoms with Gasteiger partial charge in [-0.05, 0) is 6.07 Å². The second-order valence-corrected chi connectivity index (χ2v) is 3.82. The van der Waals surface area contributed by atoms with Crippen molar-refractivity contribution in [1.29, 1.82) is 0 Å². The molecular formula is C12H15N5O2. The average Bonchev–Trinajstić information content (AvgIpc) is 2.92. The highest BCUT2D eigenvalue weighted by Crippen LogP contribution is 2.12. The van der Waals surface area contributed by atoms with E-state index < -0.39 is 0 Å². The molecular weight excluding hydrogens is 246 g/mol. The molecule has 0 spiro atoms. The molecule has 0 unspecified atom stereocenters. The molecule has 2 heterocycles. The first-order chi connectivity index (χ1) is 9.24. The number of rotatable bonds is 5. The number of pyridine rings is 1. The maximum absolute atomic E-state index is 12.0. The van der Waals surface area contributed by atoms with Crippen LogP contribution < -0.4 is 16.6 Å². The molecule has 0 saturated heterocycles. The summed E-state index contributed by atoms with van der Waals surface area (Å²) in [6.45, 7) is 2.19. The predicted octanol–water partition coefficient (Wildman–Crippen LogP) is 0.848. The summed E-state index contributed by atoms with van der Waals surface area (Å²) in [6, 6.07) is 1.62. The molecule has 2 aromatic heterocycles. The minimum Gasteiger partial charge on any atom is -0.444 e. The molecule has 0 radical (unpaired) electrons. The summed E-state index contributed by atoms with van der Waals surface area (Å²) in [5.41, 5.74) is 3.32. The lowest BCUT2D eigenvalue weighted by molar-refractivity contribution is 0.0947. The fourth-order valence-corrected chi connectivity index (χ4v) is 1.55. The van der Waals surface area contributed by atoms with Gasteiger partial charge in [-0.3, -0.25) is 15.6 Å². The molecule has 1 amide bonds. The number of carbonyl (C=O) groups excluding carboxylic acids is 1. The maximum atomic E-state index is 12.0. The molecule has 100 valence electrons. The number of nitrogens with one attached hydrogen (secondary N) is 2. The van der Waals surface area contributed by atoms with Crippen LogP contribution in [-0.4, -0.2) is 15.9 Å². The van der Waals surface area contributed by atoms with E-state index in [4.69, 9.17) is 10.3 Å². The van der Waals surface area contributed by atoms with Gasteiger partial charge in [-0.25, -0.2) is 4.98 Å². The molecule has 0 fully saturated rings. The molecule has 7 heteroatoms. The average molecular weight is 261 g/mol. The lowest BCUT2D eigenvalue weighted by Crippen LogP contribution is -2.25. The summed E-state index contributed by atoms with van der Waals surface area (Å²) in [6.07, 6.45) is 5.41. The van der Waals surface area contributed by atoms with Crippen LogP contribution in [0.25, 0.3) is 0 Å². The number of anilines is 1. The summed E-state index contributed by atoms with van der Waals surface area (Å²) in [4.78, 5) is 19.9. The van der Waals surface area contributed by atoms with Crippen molar-refractivity contribution in [2.24, 2.45) is 5.84 Å². The van der Waals surface area contributed by atoms with Crippen molar-refractivity contribution in [3.05, 3.63) is 41.9 Å². The third-order valence-corrected chi connectivity index (χ3v) is 2.57. The Morgan fingerprint density at radius 1 is 1.47 bits per heavy atom. The van der Waals surface area contributed by atoms with E-state index in [-0.39, 0.29) is 12.5 Å². The number of aromatic nitrogens is 2. The Balaban J connectivity index is 2.01. The predicted molar refractivity (Wildman–Crippen MR) is 69.1 cm³/mol. The van der Waals surface area contributed by atoms with E-state index in [1.807, 2.05) is 6.92 Å². The standard InChI is InChI=1S/C12H15N5O2/c1-2-8-5-15-11(19-8)7-16-12(18)9-6-14-4-3-10(9)17-13/h3-6H,2,7,13H2,1H3,(H,14,17)(H,16,18). The van der Waals surface area contributed by atoms with E-state index in [1.165, 1.54) is 6.20 Å². The van der Waals surface area contributed by atoms with Crippen molar-refractivity contribution in [2.45, 2.75) is 19.9 Å². The number of hydrazine groups is 1. The van der Waals surface area contributed by atoms with Crippen molar-refractivity contribution >= 4 is 11.6 Å². The molecule has 0 aliphatic carbocycles. The summed E-state index contributed by atoms with van der Waals surface area (Å²) in [5, 5.41) is 2.70. The van der Waals surface area contributed by atoms with Crippen LogP contribution in [0.4, 0.5) is 5.69 Å². The van der Waals surface area contributed by atoms with E-state index in [9.17, 15) is 4.79 Å². The molecule has 2 aromatic rings. The number of nitrogen functional groups attached to an aromatic ring is 1. The third kappa shape index (κ3) is 3.08. The first-order valence-corrected chi connectivity index (χ1v) is 5.87. The number of nitrogens with two attached hydrogens (primary N) is 1. The molecule has 2 rings (SSSR count). The van der Waals surface area contributed by atoms with E-state index in [2.05, 4.69) is 20.7 Å². The summed E-state index contributed by atoms with van der Waals surface area (Å²) < 4.78 is 5.39. The Labute approximate surface area is 110 Å². The van der Waals surface area contributed by atoms with Gasteiger partial charge in [0, 0.05) is 18.8 Å². The van der Waals surface area contributed by atoms with E-state index in [0.717, 1.165) is 12.2 Å². The SMILES string of the molecule is CCc1cnc(CNC(=O)c2cnccc2NN)o1. The Hall–Kier alpha value is -2.41. The molecule has 0 saturated carbocycles. The smallest absolute Gasteiger partial charge is 0.255 e. The van der Waals surface area contributed by atoms with Crippen LogP contribution in [0.3, 0.4) is 0 Å². The van der Waals surface area contributed by atoms with Crippen LogP contribution in [0.15, 0.2) is 29.1 Å². The van der Waals surface area contributed by atoms with Gasteiger partial charge in [-0.15, -0.1) is 0 Å². The first-order valence-electron chi connectivity index (χ1n) is 5.87. The molecule has 4 N–H and O–H groups in total. The van der Waals surface area contributed by atoms with Crippen LogP contribution in [0.2, 0.25) is 0 Å². The van der Waals surface area contributed by atoms with Crippen LogP contribution in [0.5, 0.6) is 0 Å². The van der Waals surface area contributed by atoms with E-state index >= 15 is 0 Å². The number of hydrogen-bond donors (Lipinski definition) is 3. The first kappa shape index (κ1) is 13.0. The summed E-state index contributed by atoms with van der Waals surface area (Å²) in [7, 11) is 0. The lowest BCUT2D eigenvalue weighted by atomic mass is 10.2. The number of aryl methyl sites for hydroxylation is 1. The molecule has 0 aliphatic heterocycles. The van der Waals surface area contributed by atoms with Gasteiger partial charge in [-0.2, -0.15) is 0 Å². The Morgan fingerprint density at radius 3 is 3.00 bits per heavy atom. The monoisotopic (exact) mass is 261 g/mol. The highest BCUT2D eigenvalue weighted by atomic mass is 16.4. The van der Waals surface area contributed by atoms with Crippen molar-refractivity contribution in [3.63, 3.8) is 0 Å². The number of oxazole rings is 1. The Kier molecular flexibility index (Phi) is 4.09. The number of nitrogens with zero attached hydrogens (tertiary/aromatic N) is 2.